The Kier molecular flexibility index (Phi) is 4.60. The molecule has 28 heavy (non-hydrogen) atoms. The Hall–Kier alpha value is -2.84. The Morgan fingerprint density at radius 2 is 1.96 bits per heavy atom. The molecule has 9 heteroatoms. The Morgan fingerprint density at radius 1 is 1.21 bits per heavy atom. The summed E-state index contributed by atoms with van der Waals surface area (Å²) in [5.74, 6) is 0.523. The zero-order chi connectivity index (χ0) is 20.0. The summed E-state index contributed by atoms with van der Waals surface area (Å²) in [7, 11) is 1.61. The van der Waals surface area contributed by atoms with Crippen molar-refractivity contribution in [3.8, 4) is 5.69 Å². The SMILES string of the molecule is CCOCCn1c(=O)c2c(nc3n(-c4ccccc4Cl)c(C)cn23)n(C)c1=O. The predicted octanol–water partition coefficient (Wildman–Crippen LogP) is 2.14. The van der Waals surface area contributed by atoms with Gasteiger partial charge in [0.1, 0.15) is 0 Å². The van der Waals surface area contributed by atoms with Crippen molar-refractivity contribution < 1.29 is 4.74 Å². The lowest BCUT2D eigenvalue weighted by Crippen LogP contribution is -2.40. The summed E-state index contributed by atoms with van der Waals surface area (Å²) in [6.07, 6.45) is 1.83. The van der Waals surface area contributed by atoms with Crippen LogP contribution in [0.4, 0.5) is 0 Å². The fourth-order valence-electron chi connectivity index (χ4n) is 3.44. The minimum absolute atomic E-state index is 0.187. The van der Waals surface area contributed by atoms with Gasteiger partial charge in [0.25, 0.3) is 5.56 Å². The number of aromatic nitrogens is 5. The van der Waals surface area contributed by atoms with Crippen LogP contribution in [-0.4, -0.2) is 36.3 Å². The normalized spacial score (nSPS) is 11.7. The van der Waals surface area contributed by atoms with E-state index in [1.807, 2.05) is 42.8 Å². The topological polar surface area (TPSA) is 75.5 Å². The van der Waals surface area contributed by atoms with Crippen LogP contribution in [0.5, 0.6) is 0 Å². The van der Waals surface area contributed by atoms with Gasteiger partial charge in [0.15, 0.2) is 11.2 Å². The van der Waals surface area contributed by atoms with Crippen LogP contribution in [0.15, 0.2) is 40.1 Å². The number of rotatable bonds is 5. The third-order valence-corrected chi connectivity index (χ3v) is 5.10. The van der Waals surface area contributed by atoms with E-state index < -0.39 is 5.69 Å². The molecule has 0 aliphatic carbocycles. The molecule has 4 rings (SSSR count). The van der Waals surface area contributed by atoms with Crippen LogP contribution in [0.3, 0.4) is 0 Å². The molecule has 0 atom stereocenters. The number of ether oxygens (including phenoxy) is 1. The van der Waals surface area contributed by atoms with E-state index in [4.69, 9.17) is 16.3 Å². The van der Waals surface area contributed by atoms with Crippen molar-refractivity contribution in [1.82, 2.24) is 23.1 Å². The van der Waals surface area contributed by atoms with Crippen molar-refractivity contribution in [2.24, 2.45) is 7.05 Å². The van der Waals surface area contributed by atoms with Gasteiger partial charge >= 0.3 is 5.69 Å². The van der Waals surface area contributed by atoms with Crippen molar-refractivity contribution in [1.29, 1.82) is 0 Å². The highest BCUT2D eigenvalue weighted by molar-refractivity contribution is 6.32. The highest BCUT2D eigenvalue weighted by atomic mass is 35.5. The van der Waals surface area contributed by atoms with E-state index in [0.717, 1.165) is 11.4 Å². The lowest BCUT2D eigenvalue weighted by atomic mass is 10.3. The summed E-state index contributed by atoms with van der Waals surface area (Å²) in [6, 6.07) is 7.42. The largest absolute Gasteiger partial charge is 0.380 e. The maximum Gasteiger partial charge on any atom is 0.332 e. The minimum atomic E-state index is -0.418. The standard InChI is InChI=1S/C19H20ClN5O3/c1-4-28-10-9-23-17(26)15-16(22(3)19(23)27)21-18-24(15)11-12(2)25(18)14-8-6-5-7-13(14)20/h5-8,11H,4,9-10H2,1-3H3. The average molecular weight is 402 g/mol. The molecule has 0 fully saturated rings. The highest BCUT2D eigenvalue weighted by Gasteiger charge is 2.21. The van der Waals surface area contributed by atoms with Crippen molar-refractivity contribution >= 4 is 28.5 Å². The predicted molar refractivity (Wildman–Crippen MR) is 108 cm³/mol. The molecule has 0 bridgehead atoms. The van der Waals surface area contributed by atoms with E-state index in [9.17, 15) is 9.59 Å². The van der Waals surface area contributed by atoms with Crippen LogP contribution in [0.1, 0.15) is 12.6 Å². The van der Waals surface area contributed by atoms with E-state index in [0.29, 0.717) is 35.2 Å². The van der Waals surface area contributed by atoms with Gasteiger partial charge in [-0.1, -0.05) is 23.7 Å². The van der Waals surface area contributed by atoms with Crippen LogP contribution in [0.25, 0.3) is 22.6 Å². The van der Waals surface area contributed by atoms with Gasteiger partial charge in [-0.2, -0.15) is 4.98 Å². The van der Waals surface area contributed by atoms with E-state index >= 15 is 0 Å². The number of nitrogens with zero attached hydrogens (tertiary/aromatic N) is 5. The maximum atomic E-state index is 13.1. The monoisotopic (exact) mass is 401 g/mol. The molecular formula is C19H20ClN5O3. The number of imidazole rings is 2. The van der Waals surface area contributed by atoms with Gasteiger partial charge in [0.05, 0.1) is 23.9 Å². The summed E-state index contributed by atoms with van der Waals surface area (Å²) in [4.78, 5) is 30.4. The molecule has 0 aliphatic heterocycles. The number of halogens is 1. The molecule has 0 aliphatic rings. The molecule has 0 N–H and O–H groups in total. The number of aryl methyl sites for hydroxylation is 2. The summed E-state index contributed by atoms with van der Waals surface area (Å²) >= 11 is 6.38. The second-order valence-electron chi connectivity index (χ2n) is 6.51. The Labute approximate surface area is 165 Å². The molecule has 0 amide bonds. The highest BCUT2D eigenvalue weighted by Crippen LogP contribution is 2.25. The molecule has 0 saturated heterocycles. The van der Waals surface area contributed by atoms with Gasteiger partial charge in [0.2, 0.25) is 5.78 Å². The number of benzene rings is 1. The summed E-state index contributed by atoms with van der Waals surface area (Å²) in [6.45, 7) is 4.78. The van der Waals surface area contributed by atoms with Crippen LogP contribution in [-0.2, 0) is 18.3 Å². The zero-order valence-corrected chi connectivity index (χ0v) is 16.6. The first-order valence-corrected chi connectivity index (χ1v) is 9.36. The maximum absolute atomic E-state index is 13.1. The van der Waals surface area contributed by atoms with Gasteiger partial charge in [-0.3, -0.25) is 22.9 Å². The molecule has 3 heterocycles. The lowest BCUT2D eigenvalue weighted by molar-refractivity contribution is 0.137. The summed E-state index contributed by atoms with van der Waals surface area (Å²) in [5, 5.41) is 0.568. The third-order valence-electron chi connectivity index (χ3n) is 4.78. The van der Waals surface area contributed by atoms with Crippen LogP contribution in [0, 0.1) is 6.92 Å². The van der Waals surface area contributed by atoms with Crippen LogP contribution < -0.4 is 11.2 Å². The summed E-state index contributed by atoms with van der Waals surface area (Å²) < 4.78 is 11.5. The van der Waals surface area contributed by atoms with Gasteiger partial charge in [0, 0.05) is 25.5 Å². The zero-order valence-electron chi connectivity index (χ0n) is 15.8. The first-order valence-electron chi connectivity index (χ1n) is 8.98. The summed E-state index contributed by atoms with van der Waals surface area (Å²) in [5.41, 5.74) is 1.50. The molecule has 0 unspecified atom stereocenters. The molecule has 8 nitrogen and oxygen atoms in total. The van der Waals surface area contributed by atoms with Crippen molar-refractivity contribution in [2.45, 2.75) is 20.4 Å². The quantitative estimate of drug-likeness (QED) is 0.480. The third kappa shape index (κ3) is 2.68. The van der Waals surface area contributed by atoms with Crippen molar-refractivity contribution in [3.63, 3.8) is 0 Å². The second-order valence-corrected chi connectivity index (χ2v) is 6.91. The fourth-order valence-corrected chi connectivity index (χ4v) is 3.66. The number of para-hydroxylation sites is 1. The van der Waals surface area contributed by atoms with Crippen molar-refractivity contribution in [2.75, 3.05) is 13.2 Å². The smallest absolute Gasteiger partial charge is 0.332 e. The molecule has 146 valence electrons. The minimum Gasteiger partial charge on any atom is -0.380 e. The molecular weight excluding hydrogens is 382 g/mol. The van der Waals surface area contributed by atoms with E-state index in [2.05, 4.69) is 4.98 Å². The fraction of sp³-hybridized carbons (Fsp3) is 0.316. The first-order chi connectivity index (χ1) is 13.5. The van der Waals surface area contributed by atoms with E-state index in [1.165, 1.54) is 9.13 Å². The molecule has 3 aromatic heterocycles. The van der Waals surface area contributed by atoms with Crippen LogP contribution in [0.2, 0.25) is 5.02 Å². The lowest BCUT2D eigenvalue weighted by Gasteiger charge is -2.08. The Bertz CT molecular complexity index is 1310. The van der Waals surface area contributed by atoms with Gasteiger partial charge in [-0.05, 0) is 26.0 Å². The van der Waals surface area contributed by atoms with E-state index in [-0.39, 0.29) is 12.1 Å². The van der Waals surface area contributed by atoms with Gasteiger partial charge < -0.3 is 4.74 Å². The van der Waals surface area contributed by atoms with E-state index in [1.54, 1.807) is 17.5 Å². The number of hydrogen-bond acceptors (Lipinski definition) is 4. The van der Waals surface area contributed by atoms with Gasteiger partial charge in [-0.25, -0.2) is 4.79 Å². The van der Waals surface area contributed by atoms with Gasteiger partial charge in [-0.15, -0.1) is 0 Å². The number of hydrogen-bond donors (Lipinski definition) is 0. The molecule has 0 radical (unpaired) electrons. The average Bonchev–Trinajstić information content (AvgIpc) is 3.18. The second kappa shape index (κ2) is 6.96. The molecule has 0 saturated carbocycles. The Morgan fingerprint density at radius 3 is 2.68 bits per heavy atom. The molecule has 4 aromatic rings. The Balaban J connectivity index is 2.04. The molecule has 0 spiro atoms. The first kappa shape index (κ1) is 18.5. The van der Waals surface area contributed by atoms with Crippen LogP contribution >= 0.6 is 11.6 Å². The van der Waals surface area contributed by atoms with Crippen molar-refractivity contribution in [3.05, 3.63) is 62.0 Å². The number of fused-ring (bicyclic) bond motifs is 3. The molecule has 1 aromatic carbocycles.